The fourth-order valence-electron chi connectivity index (χ4n) is 1.75. The van der Waals surface area contributed by atoms with E-state index in [0.717, 1.165) is 23.0 Å². The van der Waals surface area contributed by atoms with Gasteiger partial charge in [0.1, 0.15) is 0 Å². The van der Waals surface area contributed by atoms with Crippen molar-refractivity contribution in [2.75, 3.05) is 0 Å². The van der Waals surface area contributed by atoms with E-state index in [-0.39, 0.29) is 5.43 Å². The summed E-state index contributed by atoms with van der Waals surface area (Å²) in [6, 6.07) is 7.74. The summed E-state index contributed by atoms with van der Waals surface area (Å²) in [4.78, 5) is 11.8. The van der Waals surface area contributed by atoms with Gasteiger partial charge in [-0.2, -0.15) is 0 Å². The predicted octanol–water partition coefficient (Wildman–Crippen LogP) is 2.33. The summed E-state index contributed by atoms with van der Waals surface area (Å²) < 4.78 is 2.10. The molecular weight excluding hydrogens is 174 g/mol. The van der Waals surface area contributed by atoms with Crippen LogP contribution in [0, 0.1) is 6.92 Å². The van der Waals surface area contributed by atoms with Crippen LogP contribution >= 0.6 is 0 Å². The summed E-state index contributed by atoms with van der Waals surface area (Å²) >= 11 is 0. The van der Waals surface area contributed by atoms with Gasteiger partial charge in [-0.3, -0.25) is 4.79 Å². The van der Waals surface area contributed by atoms with E-state index in [1.165, 1.54) is 0 Å². The molecule has 0 aliphatic carbocycles. The first-order valence-electron chi connectivity index (χ1n) is 4.83. The van der Waals surface area contributed by atoms with Crippen LogP contribution in [0.2, 0.25) is 0 Å². The predicted molar refractivity (Wildman–Crippen MR) is 58.6 cm³/mol. The minimum absolute atomic E-state index is 0.144. The van der Waals surface area contributed by atoms with Crippen molar-refractivity contribution in [3.63, 3.8) is 0 Å². The molecular formula is C12H13NO. The molecule has 2 nitrogen and oxygen atoms in total. The Hall–Kier alpha value is -1.57. The number of para-hydroxylation sites is 1. The fraction of sp³-hybridized carbons (Fsp3) is 0.250. The van der Waals surface area contributed by atoms with E-state index in [4.69, 9.17) is 0 Å². The maximum atomic E-state index is 11.8. The van der Waals surface area contributed by atoms with Crippen molar-refractivity contribution in [3.05, 3.63) is 46.2 Å². The first kappa shape index (κ1) is 9.00. The Morgan fingerprint density at radius 3 is 2.71 bits per heavy atom. The Morgan fingerprint density at radius 2 is 2.00 bits per heavy atom. The van der Waals surface area contributed by atoms with E-state index < -0.39 is 0 Å². The molecule has 0 radical (unpaired) electrons. The third-order valence-electron chi connectivity index (χ3n) is 2.51. The average Bonchev–Trinajstić information content (AvgIpc) is 2.23. The monoisotopic (exact) mass is 187 g/mol. The first-order valence-corrected chi connectivity index (χ1v) is 4.83. The number of nitrogens with zero attached hydrogens (tertiary/aromatic N) is 1. The highest BCUT2D eigenvalue weighted by molar-refractivity contribution is 5.79. The second-order valence-corrected chi connectivity index (χ2v) is 3.44. The molecule has 1 heterocycles. The van der Waals surface area contributed by atoms with Crippen LogP contribution in [-0.2, 0) is 6.54 Å². The number of aryl methyl sites for hydroxylation is 2. The molecule has 0 unspecified atom stereocenters. The van der Waals surface area contributed by atoms with Crippen LogP contribution in [0.3, 0.4) is 0 Å². The van der Waals surface area contributed by atoms with Gasteiger partial charge in [-0.05, 0) is 26.0 Å². The Bertz CT molecular complexity index is 525. The van der Waals surface area contributed by atoms with Crippen molar-refractivity contribution in [2.45, 2.75) is 20.4 Å². The van der Waals surface area contributed by atoms with Gasteiger partial charge in [0.2, 0.25) is 0 Å². The molecule has 0 N–H and O–H groups in total. The second-order valence-electron chi connectivity index (χ2n) is 3.44. The summed E-state index contributed by atoms with van der Waals surface area (Å²) in [5.74, 6) is 0. The van der Waals surface area contributed by atoms with Crippen LogP contribution in [0.15, 0.2) is 35.3 Å². The van der Waals surface area contributed by atoms with Crippen molar-refractivity contribution in [2.24, 2.45) is 0 Å². The SMILES string of the molecule is CCn1cc(C)c(=O)c2ccccc21. The molecule has 0 spiro atoms. The van der Waals surface area contributed by atoms with Crippen molar-refractivity contribution < 1.29 is 0 Å². The number of aromatic nitrogens is 1. The van der Waals surface area contributed by atoms with Gasteiger partial charge in [0.05, 0.1) is 5.52 Å². The van der Waals surface area contributed by atoms with Gasteiger partial charge in [-0.25, -0.2) is 0 Å². The van der Waals surface area contributed by atoms with E-state index in [2.05, 4.69) is 11.5 Å². The second kappa shape index (κ2) is 3.29. The standard InChI is InChI=1S/C12H13NO/c1-3-13-8-9(2)12(14)10-6-4-5-7-11(10)13/h4-8H,3H2,1-2H3. The highest BCUT2D eigenvalue weighted by atomic mass is 16.1. The number of fused-ring (bicyclic) bond motifs is 1. The summed E-state index contributed by atoms with van der Waals surface area (Å²) in [7, 11) is 0. The first-order chi connectivity index (χ1) is 6.74. The van der Waals surface area contributed by atoms with Crippen LogP contribution < -0.4 is 5.43 Å². The van der Waals surface area contributed by atoms with Crippen molar-refractivity contribution in [1.82, 2.24) is 4.57 Å². The average molecular weight is 187 g/mol. The van der Waals surface area contributed by atoms with Crippen LogP contribution in [0.4, 0.5) is 0 Å². The largest absolute Gasteiger partial charge is 0.347 e. The molecule has 2 heteroatoms. The van der Waals surface area contributed by atoms with E-state index in [1.807, 2.05) is 37.4 Å². The van der Waals surface area contributed by atoms with Crippen LogP contribution in [0.25, 0.3) is 10.9 Å². The smallest absolute Gasteiger partial charge is 0.192 e. The molecule has 72 valence electrons. The van der Waals surface area contributed by atoms with Crippen molar-refractivity contribution in [1.29, 1.82) is 0 Å². The fourth-order valence-corrected chi connectivity index (χ4v) is 1.75. The number of pyridine rings is 1. The Balaban J connectivity index is 2.97. The molecule has 0 atom stereocenters. The summed E-state index contributed by atoms with van der Waals surface area (Å²) in [6.07, 6.45) is 1.92. The molecule has 0 fully saturated rings. The Morgan fingerprint density at radius 1 is 1.29 bits per heavy atom. The molecule has 2 aromatic rings. The molecule has 1 aromatic carbocycles. The maximum absolute atomic E-state index is 11.8. The highest BCUT2D eigenvalue weighted by Gasteiger charge is 2.03. The van der Waals surface area contributed by atoms with Gasteiger partial charge < -0.3 is 4.57 Å². The lowest BCUT2D eigenvalue weighted by Crippen LogP contribution is -2.11. The third-order valence-corrected chi connectivity index (χ3v) is 2.51. The van der Waals surface area contributed by atoms with Gasteiger partial charge in [-0.1, -0.05) is 12.1 Å². The van der Waals surface area contributed by atoms with E-state index in [9.17, 15) is 4.79 Å². The molecule has 0 saturated heterocycles. The lowest BCUT2D eigenvalue weighted by atomic mass is 10.1. The van der Waals surface area contributed by atoms with Crippen LogP contribution in [-0.4, -0.2) is 4.57 Å². The van der Waals surface area contributed by atoms with Gasteiger partial charge in [0.25, 0.3) is 0 Å². The van der Waals surface area contributed by atoms with Gasteiger partial charge >= 0.3 is 0 Å². The molecule has 0 aliphatic heterocycles. The van der Waals surface area contributed by atoms with E-state index in [1.54, 1.807) is 0 Å². The minimum atomic E-state index is 0.144. The summed E-state index contributed by atoms with van der Waals surface area (Å²) in [5, 5.41) is 0.814. The lowest BCUT2D eigenvalue weighted by Gasteiger charge is -2.08. The molecule has 0 bridgehead atoms. The molecule has 2 rings (SSSR count). The van der Waals surface area contributed by atoms with E-state index >= 15 is 0 Å². The van der Waals surface area contributed by atoms with Gasteiger partial charge in [0, 0.05) is 23.7 Å². The zero-order valence-corrected chi connectivity index (χ0v) is 8.45. The van der Waals surface area contributed by atoms with Gasteiger partial charge in [-0.15, -0.1) is 0 Å². The van der Waals surface area contributed by atoms with E-state index in [0.29, 0.717) is 0 Å². The lowest BCUT2D eigenvalue weighted by molar-refractivity contribution is 0.783. The number of benzene rings is 1. The molecule has 1 aromatic heterocycles. The number of rotatable bonds is 1. The normalized spacial score (nSPS) is 10.7. The third kappa shape index (κ3) is 1.23. The molecule has 0 amide bonds. The quantitative estimate of drug-likeness (QED) is 0.671. The summed E-state index contributed by atoms with van der Waals surface area (Å²) in [5.41, 5.74) is 1.97. The topological polar surface area (TPSA) is 22.0 Å². The summed E-state index contributed by atoms with van der Waals surface area (Å²) in [6.45, 7) is 4.83. The Kier molecular flexibility index (Phi) is 2.12. The highest BCUT2D eigenvalue weighted by Crippen LogP contribution is 2.10. The molecule has 0 aliphatic rings. The van der Waals surface area contributed by atoms with Crippen LogP contribution in [0.1, 0.15) is 12.5 Å². The number of hydrogen-bond acceptors (Lipinski definition) is 1. The van der Waals surface area contributed by atoms with Crippen molar-refractivity contribution in [3.8, 4) is 0 Å². The minimum Gasteiger partial charge on any atom is -0.347 e. The van der Waals surface area contributed by atoms with Crippen molar-refractivity contribution >= 4 is 10.9 Å². The zero-order chi connectivity index (χ0) is 10.1. The van der Waals surface area contributed by atoms with Gasteiger partial charge in [0.15, 0.2) is 5.43 Å². The molecule has 0 saturated carbocycles. The van der Waals surface area contributed by atoms with Crippen LogP contribution in [0.5, 0.6) is 0 Å². The zero-order valence-electron chi connectivity index (χ0n) is 8.45. The number of hydrogen-bond donors (Lipinski definition) is 0. The molecule has 14 heavy (non-hydrogen) atoms. The Labute approximate surface area is 82.8 Å². The maximum Gasteiger partial charge on any atom is 0.192 e.